The summed E-state index contributed by atoms with van der Waals surface area (Å²) in [6.07, 6.45) is -4.97. The average Bonchev–Trinajstić information content (AvgIpc) is 2.94. The summed E-state index contributed by atoms with van der Waals surface area (Å²) in [6, 6.07) is 15.9. The van der Waals surface area contributed by atoms with E-state index in [2.05, 4.69) is 12.1 Å². The highest BCUT2D eigenvalue weighted by Crippen LogP contribution is 2.37. The third-order valence-corrected chi connectivity index (χ3v) is 6.43. The van der Waals surface area contributed by atoms with Gasteiger partial charge < -0.3 is 39.2 Å². The Bertz CT molecular complexity index is 1000. The number of para-hydroxylation sites is 1. The molecule has 4 rings (SSSR count). The quantitative estimate of drug-likeness (QED) is 0.545. The van der Waals surface area contributed by atoms with Crippen molar-refractivity contribution in [2.45, 2.75) is 43.7 Å². The van der Waals surface area contributed by atoms with E-state index < -0.39 is 36.6 Å². The number of ether oxygens (including phenoxy) is 2. The Kier molecular flexibility index (Phi) is 6.56. The lowest BCUT2D eigenvalue weighted by atomic mass is 9.93. The van der Waals surface area contributed by atoms with Gasteiger partial charge in [-0.1, -0.05) is 48.5 Å². The third kappa shape index (κ3) is 4.53. The van der Waals surface area contributed by atoms with Crippen LogP contribution in [0.1, 0.15) is 23.1 Å². The van der Waals surface area contributed by atoms with Crippen molar-refractivity contribution >= 4 is 11.5 Å². The Labute approximate surface area is 192 Å². The van der Waals surface area contributed by atoms with E-state index in [1.165, 1.54) is 0 Å². The number of carboxylic acid groups (broad SMARTS) is 1. The van der Waals surface area contributed by atoms with Crippen molar-refractivity contribution < 1.29 is 39.2 Å². The number of nitrogens with zero attached hydrogens (tertiary/aromatic N) is 1. The molecule has 1 unspecified atom stereocenters. The minimum Gasteiger partial charge on any atom is -0.547 e. The number of carboxylic acids is 1. The number of quaternary nitrogens is 1. The SMILES string of the molecule is C[N+](C)(CC/C=C1\c2ccccc2COc2ccccc21)[C@@H]1OC(C(=O)[O-])[C@@H](O)[C@@H](O)[C@H]1O. The number of carbonyl (C=O) groups is 1. The first-order chi connectivity index (χ1) is 15.7. The summed E-state index contributed by atoms with van der Waals surface area (Å²) in [7, 11) is 3.56. The molecule has 33 heavy (non-hydrogen) atoms. The van der Waals surface area contributed by atoms with E-state index in [9.17, 15) is 25.2 Å². The van der Waals surface area contributed by atoms with Crippen LogP contribution in [0.25, 0.3) is 5.57 Å². The Balaban J connectivity index is 1.59. The minimum atomic E-state index is -1.76. The summed E-state index contributed by atoms with van der Waals surface area (Å²) >= 11 is 0. The maximum absolute atomic E-state index is 11.4. The highest BCUT2D eigenvalue weighted by molar-refractivity contribution is 5.84. The van der Waals surface area contributed by atoms with Crippen LogP contribution in [0.5, 0.6) is 5.75 Å². The van der Waals surface area contributed by atoms with E-state index in [0.29, 0.717) is 19.6 Å². The molecule has 0 saturated carbocycles. The molecule has 8 heteroatoms. The molecular weight excluding hydrogens is 426 g/mol. The summed E-state index contributed by atoms with van der Waals surface area (Å²) in [4.78, 5) is 11.4. The molecule has 3 N–H and O–H groups in total. The standard InChI is InChI=1S/C25H29NO7/c1-26(2,24-22(29)20(27)21(28)23(33-24)25(30)31)13-7-11-17-16-9-4-3-8-15(16)14-32-19-12-6-5-10-18(17)19/h3-6,8-12,20-24,27-29H,7,13-14H2,1-2H3/b17-11+/t20-,21+,22-,23?,24-/m1/s1. The fraction of sp³-hybridized carbons (Fsp3) is 0.400. The topological polar surface area (TPSA) is 119 Å². The molecule has 0 spiro atoms. The molecule has 2 heterocycles. The fourth-order valence-electron chi connectivity index (χ4n) is 4.55. The molecule has 1 saturated heterocycles. The number of fused-ring (bicyclic) bond motifs is 2. The van der Waals surface area contributed by atoms with E-state index in [1.807, 2.05) is 42.5 Å². The van der Waals surface area contributed by atoms with Crippen LogP contribution >= 0.6 is 0 Å². The maximum Gasteiger partial charge on any atom is 0.222 e. The second-order valence-corrected chi connectivity index (χ2v) is 9.09. The fourth-order valence-corrected chi connectivity index (χ4v) is 4.55. The van der Waals surface area contributed by atoms with Gasteiger partial charge in [0.1, 0.15) is 30.7 Å². The van der Waals surface area contributed by atoms with E-state index >= 15 is 0 Å². The van der Waals surface area contributed by atoms with Crippen LogP contribution in [0, 0.1) is 0 Å². The van der Waals surface area contributed by atoms with Crippen molar-refractivity contribution in [1.82, 2.24) is 0 Å². The molecular formula is C25H29NO7. The molecule has 1 fully saturated rings. The van der Waals surface area contributed by atoms with Gasteiger partial charge in [0.15, 0.2) is 6.10 Å². The zero-order valence-electron chi connectivity index (χ0n) is 18.6. The number of benzene rings is 2. The van der Waals surface area contributed by atoms with Crippen molar-refractivity contribution in [2.24, 2.45) is 0 Å². The number of carbonyl (C=O) groups excluding carboxylic acids is 1. The number of aliphatic hydroxyl groups excluding tert-OH is 3. The predicted molar refractivity (Wildman–Crippen MR) is 118 cm³/mol. The van der Waals surface area contributed by atoms with Crippen molar-refractivity contribution in [3.05, 3.63) is 71.3 Å². The summed E-state index contributed by atoms with van der Waals surface area (Å²) in [5.74, 6) is -0.833. The normalized spacial score (nSPS) is 28.4. The first kappa shape index (κ1) is 23.4. The summed E-state index contributed by atoms with van der Waals surface area (Å²) < 4.78 is 11.6. The van der Waals surface area contributed by atoms with Crippen LogP contribution in [-0.2, 0) is 16.1 Å². The van der Waals surface area contributed by atoms with Gasteiger partial charge in [-0.05, 0) is 22.8 Å². The molecule has 5 atom stereocenters. The van der Waals surface area contributed by atoms with Crippen LogP contribution < -0.4 is 9.84 Å². The van der Waals surface area contributed by atoms with Crippen LogP contribution in [0.2, 0.25) is 0 Å². The van der Waals surface area contributed by atoms with E-state index in [0.717, 1.165) is 28.0 Å². The number of rotatable bonds is 5. The molecule has 2 aromatic rings. The van der Waals surface area contributed by atoms with Gasteiger partial charge in [0, 0.05) is 12.0 Å². The molecule has 0 bridgehead atoms. The smallest absolute Gasteiger partial charge is 0.222 e. The number of hydrogen-bond donors (Lipinski definition) is 3. The van der Waals surface area contributed by atoms with Crippen LogP contribution in [0.15, 0.2) is 54.6 Å². The van der Waals surface area contributed by atoms with Crippen LogP contribution in [0.4, 0.5) is 0 Å². The van der Waals surface area contributed by atoms with Crippen LogP contribution in [0.3, 0.4) is 0 Å². The third-order valence-electron chi connectivity index (χ3n) is 6.43. The molecule has 0 radical (unpaired) electrons. The maximum atomic E-state index is 11.4. The second-order valence-electron chi connectivity index (χ2n) is 9.09. The molecule has 2 aliphatic heterocycles. The Hall–Kier alpha value is -2.75. The largest absolute Gasteiger partial charge is 0.547 e. The van der Waals surface area contributed by atoms with Gasteiger partial charge in [-0.2, -0.15) is 0 Å². The Morgan fingerprint density at radius 2 is 1.70 bits per heavy atom. The number of aliphatic hydroxyl groups is 3. The molecule has 0 aliphatic carbocycles. The van der Waals surface area contributed by atoms with Gasteiger partial charge in [-0.15, -0.1) is 0 Å². The lowest BCUT2D eigenvalue weighted by molar-refractivity contribution is -0.944. The summed E-state index contributed by atoms with van der Waals surface area (Å²) in [6.45, 7) is 0.942. The average molecular weight is 456 g/mol. The molecule has 0 aromatic heterocycles. The van der Waals surface area contributed by atoms with E-state index in [4.69, 9.17) is 9.47 Å². The highest BCUT2D eigenvalue weighted by Gasteiger charge is 2.50. The zero-order chi connectivity index (χ0) is 23.8. The molecule has 2 aliphatic rings. The summed E-state index contributed by atoms with van der Waals surface area (Å²) in [5, 5.41) is 42.0. The van der Waals surface area contributed by atoms with E-state index in [-0.39, 0.29) is 4.48 Å². The van der Waals surface area contributed by atoms with E-state index in [1.54, 1.807) is 14.1 Å². The molecule has 176 valence electrons. The number of likely N-dealkylation sites (N-methyl/N-ethyl adjacent to an activating group) is 1. The van der Waals surface area contributed by atoms with Gasteiger partial charge in [0.25, 0.3) is 0 Å². The second kappa shape index (κ2) is 9.24. The van der Waals surface area contributed by atoms with Crippen LogP contribution in [-0.4, -0.2) is 77.1 Å². The molecule has 0 amide bonds. The lowest BCUT2D eigenvalue weighted by Gasteiger charge is -2.47. The van der Waals surface area contributed by atoms with Gasteiger partial charge in [0.05, 0.1) is 26.6 Å². The highest BCUT2D eigenvalue weighted by atomic mass is 16.6. The number of aliphatic carboxylic acids is 1. The van der Waals surface area contributed by atoms with Crippen molar-refractivity contribution in [3.63, 3.8) is 0 Å². The zero-order valence-corrected chi connectivity index (χ0v) is 18.6. The van der Waals surface area contributed by atoms with Crippen molar-refractivity contribution in [1.29, 1.82) is 0 Å². The lowest BCUT2D eigenvalue weighted by Crippen LogP contribution is -2.69. The number of hydrogen-bond acceptors (Lipinski definition) is 7. The van der Waals surface area contributed by atoms with Gasteiger partial charge in [-0.3, -0.25) is 0 Å². The first-order valence-corrected chi connectivity index (χ1v) is 10.9. The predicted octanol–water partition coefficient (Wildman–Crippen LogP) is 0.0347. The summed E-state index contributed by atoms with van der Waals surface area (Å²) in [5.41, 5.74) is 4.18. The van der Waals surface area contributed by atoms with Gasteiger partial charge in [-0.25, -0.2) is 0 Å². The minimum absolute atomic E-state index is 0.0678. The Morgan fingerprint density at radius 1 is 1.03 bits per heavy atom. The van der Waals surface area contributed by atoms with Gasteiger partial charge >= 0.3 is 0 Å². The first-order valence-electron chi connectivity index (χ1n) is 10.9. The van der Waals surface area contributed by atoms with Crippen molar-refractivity contribution in [3.8, 4) is 5.75 Å². The Morgan fingerprint density at radius 3 is 2.42 bits per heavy atom. The van der Waals surface area contributed by atoms with Gasteiger partial charge in [0.2, 0.25) is 6.23 Å². The van der Waals surface area contributed by atoms with Crippen molar-refractivity contribution in [2.75, 3.05) is 20.6 Å². The molecule has 8 nitrogen and oxygen atoms in total. The monoisotopic (exact) mass is 455 g/mol. The molecule has 2 aromatic carbocycles.